The number of aromatic nitrogens is 2. The van der Waals surface area contributed by atoms with Gasteiger partial charge in [-0.15, -0.1) is 11.8 Å². The number of hydrogen-bond acceptors (Lipinski definition) is 4. The number of pyridine rings is 1. The molecule has 1 aliphatic heterocycles. The fraction of sp³-hybridized carbons (Fsp3) is 0.158. The molecule has 0 saturated heterocycles. The smallest absolute Gasteiger partial charge is 0.257 e. The number of thioether (sulfide) groups is 1. The lowest BCUT2D eigenvalue weighted by molar-refractivity contribution is 0.102. The molecule has 1 unspecified atom stereocenters. The molecule has 25 heavy (non-hydrogen) atoms. The van der Waals surface area contributed by atoms with Gasteiger partial charge in [-0.2, -0.15) is 0 Å². The van der Waals surface area contributed by atoms with E-state index in [0.29, 0.717) is 11.3 Å². The maximum absolute atomic E-state index is 12.7. The monoisotopic (exact) mass is 351 g/mol. The molecule has 0 spiro atoms. The van der Waals surface area contributed by atoms with Gasteiger partial charge in [0, 0.05) is 47.4 Å². The quantitative estimate of drug-likeness (QED) is 0.774. The second-order valence-electron chi connectivity index (χ2n) is 5.72. The number of nitrogens with one attached hydrogen (secondary N) is 1. The number of carbonyl (C=O) groups excluding carboxylic acids is 1. The first-order valence-electron chi connectivity index (χ1n) is 7.93. The van der Waals surface area contributed by atoms with Crippen molar-refractivity contribution in [1.29, 1.82) is 0 Å². The molecule has 126 valence electrons. The Morgan fingerprint density at radius 3 is 3.04 bits per heavy atom. The van der Waals surface area contributed by atoms with Crippen molar-refractivity contribution in [3.05, 3.63) is 77.9 Å². The number of amides is 1. The van der Waals surface area contributed by atoms with Gasteiger partial charge >= 0.3 is 0 Å². The van der Waals surface area contributed by atoms with Crippen molar-refractivity contribution in [3.8, 4) is 5.75 Å². The normalized spacial score (nSPS) is 15.6. The molecular formula is C19H17N3O2S. The number of nitrogens with zero attached hydrogens (tertiary/aromatic N) is 2. The van der Waals surface area contributed by atoms with Crippen LogP contribution in [-0.2, 0) is 5.75 Å². The second kappa shape index (κ2) is 6.64. The van der Waals surface area contributed by atoms with Crippen LogP contribution in [0.2, 0.25) is 0 Å². The Balaban J connectivity index is 1.57. The Morgan fingerprint density at radius 1 is 1.32 bits per heavy atom. The Bertz CT molecular complexity index is 908. The average molecular weight is 351 g/mol. The van der Waals surface area contributed by atoms with Gasteiger partial charge in [-0.25, -0.2) is 0 Å². The minimum absolute atomic E-state index is 0.102. The molecule has 0 fully saturated rings. The standard InChI is InChI=1S/C19H17N3O2S/c1-24-15-6-2-5-14(10-15)21-18(23)16-7-9-22-17(16)12-25-19(22)13-4-3-8-20-11-13/h2-11,19H,12H2,1H3,(H,21,23). The van der Waals surface area contributed by atoms with Gasteiger partial charge in [0.15, 0.2) is 0 Å². The maximum Gasteiger partial charge on any atom is 0.257 e. The summed E-state index contributed by atoms with van der Waals surface area (Å²) in [7, 11) is 1.61. The van der Waals surface area contributed by atoms with E-state index in [1.165, 1.54) is 0 Å². The number of methoxy groups -OCH3 is 1. The number of carbonyl (C=O) groups is 1. The first kappa shape index (κ1) is 15.8. The van der Waals surface area contributed by atoms with Gasteiger partial charge in [0.2, 0.25) is 0 Å². The molecule has 3 heterocycles. The third-order valence-electron chi connectivity index (χ3n) is 4.20. The van der Waals surface area contributed by atoms with Crippen molar-refractivity contribution in [2.45, 2.75) is 11.1 Å². The van der Waals surface area contributed by atoms with Crippen molar-refractivity contribution in [2.24, 2.45) is 0 Å². The lowest BCUT2D eigenvalue weighted by Gasteiger charge is -2.12. The summed E-state index contributed by atoms with van der Waals surface area (Å²) in [6.45, 7) is 0. The molecule has 1 aliphatic rings. The number of benzene rings is 1. The fourth-order valence-corrected chi connectivity index (χ4v) is 4.29. The summed E-state index contributed by atoms with van der Waals surface area (Å²) in [6, 6.07) is 13.2. The van der Waals surface area contributed by atoms with Gasteiger partial charge in [-0.05, 0) is 24.3 Å². The van der Waals surface area contributed by atoms with Crippen LogP contribution >= 0.6 is 11.8 Å². The van der Waals surface area contributed by atoms with Crippen LogP contribution in [0.1, 0.15) is 27.0 Å². The van der Waals surface area contributed by atoms with E-state index in [4.69, 9.17) is 4.74 Å². The summed E-state index contributed by atoms with van der Waals surface area (Å²) in [5.74, 6) is 1.41. The summed E-state index contributed by atoms with van der Waals surface area (Å²) in [5, 5.41) is 3.12. The van der Waals surface area contributed by atoms with Crippen molar-refractivity contribution in [3.63, 3.8) is 0 Å². The Labute approximate surface area is 150 Å². The van der Waals surface area contributed by atoms with Crippen LogP contribution in [0, 0.1) is 0 Å². The molecule has 0 aliphatic carbocycles. The molecule has 4 rings (SSSR count). The van der Waals surface area contributed by atoms with Crippen LogP contribution in [0.3, 0.4) is 0 Å². The molecule has 5 nitrogen and oxygen atoms in total. The summed E-state index contributed by atoms with van der Waals surface area (Å²) >= 11 is 1.80. The third-order valence-corrected chi connectivity index (χ3v) is 5.45. The summed E-state index contributed by atoms with van der Waals surface area (Å²) in [5.41, 5.74) is 3.61. The minimum Gasteiger partial charge on any atom is -0.497 e. The molecule has 3 aromatic rings. The number of fused-ring (bicyclic) bond motifs is 1. The minimum atomic E-state index is -0.102. The molecule has 0 saturated carbocycles. The molecule has 1 aromatic carbocycles. The van der Waals surface area contributed by atoms with Gasteiger partial charge in [-0.1, -0.05) is 12.1 Å². The molecular weight excluding hydrogens is 334 g/mol. The van der Waals surface area contributed by atoms with Gasteiger partial charge in [0.1, 0.15) is 11.1 Å². The summed E-state index contributed by atoms with van der Waals surface area (Å²) < 4.78 is 7.35. The lowest BCUT2D eigenvalue weighted by atomic mass is 10.2. The number of hydrogen-bond donors (Lipinski definition) is 1. The van der Waals surface area contributed by atoms with Gasteiger partial charge in [0.05, 0.1) is 12.7 Å². The van der Waals surface area contributed by atoms with Gasteiger partial charge < -0.3 is 14.6 Å². The van der Waals surface area contributed by atoms with E-state index in [0.717, 1.165) is 22.7 Å². The fourth-order valence-electron chi connectivity index (χ4n) is 2.98. The van der Waals surface area contributed by atoms with Crippen molar-refractivity contribution in [2.75, 3.05) is 12.4 Å². The highest BCUT2D eigenvalue weighted by Gasteiger charge is 2.28. The SMILES string of the molecule is COc1cccc(NC(=O)c2ccn3c2CSC3c2cccnc2)c1. The molecule has 1 atom stereocenters. The zero-order valence-electron chi connectivity index (χ0n) is 13.7. The zero-order valence-corrected chi connectivity index (χ0v) is 14.5. The molecule has 0 bridgehead atoms. The predicted molar refractivity (Wildman–Crippen MR) is 99.1 cm³/mol. The van der Waals surface area contributed by atoms with Crippen molar-refractivity contribution < 1.29 is 9.53 Å². The van der Waals surface area contributed by atoms with Gasteiger partial charge in [0.25, 0.3) is 5.91 Å². The van der Waals surface area contributed by atoms with Crippen molar-refractivity contribution >= 4 is 23.4 Å². The summed E-state index contributed by atoms with van der Waals surface area (Å²) in [4.78, 5) is 16.9. The molecule has 1 N–H and O–H groups in total. The van der Waals surface area contributed by atoms with E-state index in [1.807, 2.05) is 42.7 Å². The van der Waals surface area contributed by atoms with Crippen LogP contribution in [0.15, 0.2) is 61.1 Å². The van der Waals surface area contributed by atoms with E-state index in [1.54, 1.807) is 31.1 Å². The molecule has 1 amide bonds. The van der Waals surface area contributed by atoms with Gasteiger partial charge in [-0.3, -0.25) is 9.78 Å². The van der Waals surface area contributed by atoms with Crippen LogP contribution in [-0.4, -0.2) is 22.6 Å². The van der Waals surface area contributed by atoms with E-state index in [9.17, 15) is 4.79 Å². The van der Waals surface area contributed by atoms with E-state index in [2.05, 4.69) is 20.9 Å². The topological polar surface area (TPSA) is 56.1 Å². The van der Waals surface area contributed by atoms with Crippen LogP contribution < -0.4 is 10.1 Å². The second-order valence-corrected chi connectivity index (χ2v) is 6.79. The molecule has 2 aromatic heterocycles. The first-order chi connectivity index (χ1) is 12.3. The predicted octanol–water partition coefficient (Wildman–Crippen LogP) is 3.94. The first-order valence-corrected chi connectivity index (χ1v) is 8.98. The summed E-state index contributed by atoms with van der Waals surface area (Å²) in [6.07, 6.45) is 5.63. The van der Waals surface area contributed by atoms with E-state index >= 15 is 0 Å². The molecule has 6 heteroatoms. The average Bonchev–Trinajstić information content (AvgIpc) is 3.24. The molecule has 0 radical (unpaired) electrons. The highest BCUT2D eigenvalue weighted by Crippen LogP contribution is 2.41. The Kier molecular flexibility index (Phi) is 4.19. The van der Waals surface area contributed by atoms with Crippen LogP contribution in [0.4, 0.5) is 5.69 Å². The Hall–Kier alpha value is -2.73. The maximum atomic E-state index is 12.7. The highest BCUT2D eigenvalue weighted by atomic mass is 32.2. The van der Waals surface area contributed by atoms with Crippen molar-refractivity contribution in [1.82, 2.24) is 9.55 Å². The van der Waals surface area contributed by atoms with Crippen LogP contribution in [0.25, 0.3) is 0 Å². The number of ether oxygens (including phenoxy) is 1. The van der Waals surface area contributed by atoms with E-state index < -0.39 is 0 Å². The largest absolute Gasteiger partial charge is 0.497 e. The number of rotatable bonds is 4. The lowest BCUT2D eigenvalue weighted by Crippen LogP contribution is -2.13. The number of anilines is 1. The zero-order chi connectivity index (χ0) is 17.2. The Morgan fingerprint density at radius 2 is 2.24 bits per heavy atom. The van der Waals surface area contributed by atoms with E-state index in [-0.39, 0.29) is 11.3 Å². The third kappa shape index (κ3) is 3.00. The van der Waals surface area contributed by atoms with Crippen LogP contribution in [0.5, 0.6) is 5.75 Å². The highest BCUT2D eigenvalue weighted by molar-refractivity contribution is 7.99.